The average molecular weight is 270 g/mol. The molecule has 0 aromatic carbocycles. The SMILES string of the molecule is C[C@H](Sc1nc(N)nc(N)n1)C(=O)NC(C)(C)C. The molecule has 100 valence electrons. The van der Waals surface area contributed by atoms with Crippen molar-refractivity contribution in [2.45, 2.75) is 43.6 Å². The highest BCUT2D eigenvalue weighted by Crippen LogP contribution is 2.20. The van der Waals surface area contributed by atoms with E-state index in [9.17, 15) is 4.79 Å². The zero-order chi connectivity index (χ0) is 13.9. The fourth-order valence-electron chi connectivity index (χ4n) is 1.12. The third kappa shape index (κ3) is 4.74. The van der Waals surface area contributed by atoms with Crippen LogP contribution >= 0.6 is 11.8 Å². The Kier molecular flexibility index (Phi) is 4.33. The van der Waals surface area contributed by atoms with Gasteiger partial charge >= 0.3 is 0 Å². The van der Waals surface area contributed by atoms with E-state index in [0.29, 0.717) is 5.16 Å². The summed E-state index contributed by atoms with van der Waals surface area (Å²) < 4.78 is 0. The van der Waals surface area contributed by atoms with E-state index in [1.165, 1.54) is 11.8 Å². The fourth-order valence-corrected chi connectivity index (χ4v) is 1.90. The van der Waals surface area contributed by atoms with Crippen LogP contribution in [0.1, 0.15) is 27.7 Å². The maximum absolute atomic E-state index is 11.9. The van der Waals surface area contributed by atoms with Crippen molar-refractivity contribution in [3.63, 3.8) is 0 Å². The predicted molar refractivity (Wildman–Crippen MR) is 71.9 cm³/mol. The number of nitrogens with one attached hydrogen (secondary N) is 1. The molecule has 1 atom stereocenters. The Balaban J connectivity index is 2.69. The summed E-state index contributed by atoms with van der Waals surface area (Å²) in [7, 11) is 0. The Morgan fingerprint density at radius 2 is 1.72 bits per heavy atom. The minimum Gasteiger partial charge on any atom is -0.368 e. The van der Waals surface area contributed by atoms with Crippen LogP contribution in [0, 0.1) is 0 Å². The molecule has 0 aliphatic carbocycles. The van der Waals surface area contributed by atoms with Crippen molar-refractivity contribution in [1.82, 2.24) is 20.3 Å². The van der Waals surface area contributed by atoms with Crippen LogP contribution in [0.25, 0.3) is 0 Å². The number of rotatable bonds is 3. The van der Waals surface area contributed by atoms with Crippen molar-refractivity contribution >= 4 is 29.6 Å². The van der Waals surface area contributed by atoms with Gasteiger partial charge in [0.15, 0.2) is 5.16 Å². The average Bonchev–Trinajstić information content (AvgIpc) is 2.12. The van der Waals surface area contributed by atoms with Crippen LogP contribution in [0.15, 0.2) is 5.16 Å². The van der Waals surface area contributed by atoms with Crippen molar-refractivity contribution in [3.8, 4) is 0 Å². The summed E-state index contributed by atoms with van der Waals surface area (Å²) in [6.45, 7) is 7.52. The normalized spacial score (nSPS) is 13.1. The van der Waals surface area contributed by atoms with Gasteiger partial charge in [-0.05, 0) is 27.7 Å². The van der Waals surface area contributed by atoms with E-state index in [-0.39, 0.29) is 28.6 Å². The first-order chi connectivity index (χ1) is 8.17. The lowest BCUT2D eigenvalue weighted by Crippen LogP contribution is -2.44. The lowest BCUT2D eigenvalue weighted by Gasteiger charge is -2.22. The third-order valence-electron chi connectivity index (χ3n) is 1.80. The lowest BCUT2D eigenvalue weighted by atomic mass is 10.1. The number of anilines is 2. The van der Waals surface area contributed by atoms with Gasteiger partial charge in [0.2, 0.25) is 17.8 Å². The first-order valence-electron chi connectivity index (χ1n) is 5.43. The van der Waals surface area contributed by atoms with Gasteiger partial charge in [-0.1, -0.05) is 11.8 Å². The van der Waals surface area contributed by atoms with E-state index < -0.39 is 0 Å². The molecule has 0 saturated carbocycles. The van der Waals surface area contributed by atoms with E-state index >= 15 is 0 Å². The fraction of sp³-hybridized carbons (Fsp3) is 0.600. The van der Waals surface area contributed by atoms with Crippen LogP contribution < -0.4 is 16.8 Å². The number of hydrogen-bond acceptors (Lipinski definition) is 7. The van der Waals surface area contributed by atoms with Crippen molar-refractivity contribution in [1.29, 1.82) is 0 Å². The number of nitrogens with zero attached hydrogens (tertiary/aromatic N) is 3. The van der Waals surface area contributed by atoms with Gasteiger partial charge in [-0.3, -0.25) is 4.79 Å². The maximum Gasteiger partial charge on any atom is 0.233 e. The number of thioether (sulfide) groups is 1. The Hall–Kier alpha value is -1.57. The van der Waals surface area contributed by atoms with E-state index in [1.54, 1.807) is 6.92 Å². The van der Waals surface area contributed by atoms with Gasteiger partial charge in [-0.25, -0.2) is 0 Å². The molecule has 0 aliphatic heterocycles. The molecule has 5 N–H and O–H groups in total. The topological polar surface area (TPSA) is 120 Å². The number of amides is 1. The van der Waals surface area contributed by atoms with E-state index in [2.05, 4.69) is 20.3 Å². The zero-order valence-corrected chi connectivity index (χ0v) is 11.7. The number of nitrogen functional groups attached to an aromatic ring is 2. The van der Waals surface area contributed by atoms with Gasteiger partial charge in [0.1, 0.15) is 0 Å². The number of carbonyl (C=O) groups is 1. The standard InChI is InChI=1S/C10H18N6OS/c1-5(6(17)16-10(2,3)4)18-9-14-7(11)13-8(12)15-9/h5H,1-4H3,(H,16,17)(H4,11,12,13,14,15)/t5-/m0/s1. The molecule has 1 heterocycles. The summed E-state index contributed by atoms with van der Waals surface area (Å²) in [6.07, 6.45) is 0. The molecule has 0 radical (unpaired) electrons. The Labute approximate surface area is 110 Å². The molecule has 18 heavy (non-hydrogen) atoms. The minimum atomic E-state index is -0.342. The first kappa shape index (κ1) is 14.5. The van der Waals surface area contributed by atoms with Crippen LogP contribution in [-0.2, 0) is 4.79 Å². The monoisotopic (exact) mass is 270 g/mol. The molecule has 0 saturated heterocycles. The molecular formula is C10H18N6OS. The molecule has 0 unspecified atom stereocenters. The zero-order valence-electron chi connectivity index (χ0n) is 10.9. The highest BCUT2D eigenvalue weighted by atomic mass is 32.2. The van der Waals surface area contributed by atoms with Crippen molar-refractivity contribution in [3.05, 3.63) is 0 Å². The number of nitrogens with two attached hydrogens (primary N) is 2. The second kappa shape index (κ2) is 5.38. The maximum atomic E-state index is 11.9. The molecule has 1 aromatic heterocycles. The molecule has 0 bridgehead atoms. The lowest BCUT2D eigenvalue weighted by molar-refractivity contribution is -0.121. The van der Waals surface area contributed by atoms with Gasteiger partial charge in [-0.15, -0.1) is 0 Å². The van der Waals surface area contributed by atoms with Gasteiger partial charge < -0.3 is 16.8 Å². The van der Waals surface area contributed by atoms with E-state index in [1.807, 2.05) is 20.8 Å². The van der Waals surface area contributed by atoms with Gasteiger partial charge in [0.05, 0.1) is 5.25 Å². The molecule has 1 rings (SSSR count). The van der Waals surface area contributed by atoms with Crippen LogP contribution in [0.4, 0.5) is 11.9 Å². The van der Waals surface area contributed by atoms with E-state index in [0.717, 1.165) is 0 Å². The number of aromatic nitrogens is 3. The molecular weight excluding hydrogens is 252 g/mol. The summed E-state index contributed by atoms with van der Waals surface area (Å²) in [4.78, 5) is 23.4. The van der Waals surface area contributed by atoms with Crippen molar-refractivity contribution in [2.24, 2.45) is 0 Å². The van der Waals surface area contributed by atoms with Crippen molar-refractivity contribution < 1.29 is 4.79 Å². The highest BCUT2D eigenvalue weighted by molar-refractivity contribution is 8.00. The largest absolute Gasteiger partial charge is 0.368 e. The van der Waals surface area contributed by atoms with Crippen LogP contribution in [0.5, 0.6) is 0 Å². The quantitative estimate of drug-likeness (QED) is 0.681. The number of carbonyl (C=O) groups excluding carboxylic acids is 1. The molecule has 0 spiro atoms. The summed E-state index contributed by atoms with van der Waals surface area (Å²) in [6, 6.07) is 0. The second-order valence-electron chi connectivity index (χ2n) is 4.83. The van der Waals surface area contributed by atoms with Crippen LogP contribution in [0.2, 0.25) is 0 Å². The second-order valence-corrected chi connectivity index (χ2v) is 6.14. The Morgan fingerprint density at radius 1 is 1.22 bits per heavy atom. The van der Waals surface area contributed by atoms with Gasteiger partial charge in [-0.2, -0.15) is 15.0 Å². The molecule has 8 heteroatoms. The van der Waals surface area contributed by atoms with Crippen LogP contribution in [0.3, 0.4) is 0 Å². The molecule has 1 amide bonds. The van der Waals surface area contributed by atoms with Crippen molar-refractivity contribution in [2.75, 3.05) is 11.5 Å². The van der Waals surface area contributed by atoms with Gasteiger partial charge in [0, 0.05) is 5.54 Å². The summed E-state index contributed by atoms with van der Waals surface area (Å²) >= 11 is 1.19. The minimum absolute atomic E-state index is 0.0495. The molecule has 7 nitrogen and oxygen atoms in total. The molecule has 1 aromatic rings. The highest BCUT2D eigenvalue weighted by Gasteiger charge is 2.21. The Morgan fingerprint density at radius 3 is 2.17 bits per heavy atom. The summed E-state index contributed by atoms with van der Waals surface area (Å²) in [5.74, 6) is 0.00640. The predicted octanol–water partition coefficient (Wildman–Crippen LogP) is 0.431. The van der Waals surface area contributed by atoms with Gasteiger partial charge in [0.25, 0.3) is 0 Å². The van der Waals surface area contributed by atoms with E-state index in [4.69, 9.17) is 11.5 Å². The Bertz CT molecular complexity index is 424. The summed E-state index contributed by atoms with van der Waals surface area (Å²) in [5, 5.41) is 2.88. The molecule has 0 aliphatic rings. The molecule has 0 fully saturated rings. The first-order valence-corrected chi connectivity index (χ1v) is 6.31. The van der Waals surface area contributed by atoms with Crippen LogP contribution in [-0.4, -0.2) is 31.6 Å². The smallest absolute Gasteiger partial charge is 0.233 e. The number of hydrogen-bond donors (Lipinski definition) is 3. The third-order valence-corrected chi connectivity index (χ3v) is 2.76. The summed E-state index contributed by atoms with van der Waals surface area (Å²) in [5.41, 5.74) is 10.6.